The Balaban J connectivity index is 1.33. The molecule has 0 radical (unpaired) electrons. The standard InChI is InChI=1S/C18H20N4O4S2/c23-16(19-11-12-20-28(24,25)14-6-2-1-3-7-14)9-4-10-17-21-18(22-26-17)15-8-5-13-27-15/h1-3,5-8,13,20H,4,9-12H2,(H,19,23). The lowest BCUT2D eigenvalue weighted by Crippen LogP contribution is -2.34. The van der Waals surface area contributed by atoms with E-state index in [1.165, 1.54) is 23.5 Å². The molecule has 8 nitrogen and oxygen atoms in total. The number of amides is 1. The van der Waals surface area contributed by atoms with Crippen molar-refractivity contribution in [3.05, 3.63) is 53.7 Å². The number of rotatable bonds is 10. The van der Waals surface area contributed by atoms with Gasteiger partial charge in [-0.15, -0.1) is 11.3 Å². The minimum absolute atomic E-state index is 0.122. The van der Waals surface area contributed by atoms with Crippen LogP contribution in [0.3, 0.4) is 0 Å². The summed E-state index contributed by atoms with van der Waals surface area (Å²) in [5.74, 6) is 0.892. The first-order chi connectivity index (χ1) is 13.5. The predicted octanol–water partition coefficient (Wildman–Crippen LogP) is 2.22. The smallest absolute Gasteiger partial charge is 0.240 e. The average molecular weight is 421 g/mol. The molecule has 1 amide bonds. The van der Waals surface area contributed by atoms with Crippen LogP contribution in [-0.2, 0) is 21.2 Å². The predicted molar refractivity (Wildman–Crippen MR) is 105 cm³/mol. The molecular formula is C18H20N4O4S2. The number of hydrogen-bond donors (Lipinski definition) is 2. The Hall–Kier alpha value is -2.56. The third-order valence-corrected chi connectivity index (χ3v) is 6.14. The molecule has 3 aromatic rings. The topological polar surface area (TPSA) is 114 Å². The van der Waals surface area contributed by atoms with Crippen LogP contribution in [0.15, 0.2) is 57.3 Å². The zero-order chi connectivity index (χ0) is 19.8. The van der Waals surface area contributed by atoms with Crippen LogP contribution in [0.2, 0.25) is 0 Å². The zero-order valence-corrected chi connectivity index (χ0v) is 16.6. The number of nitrogens with one attached hydrogen (secondary N) is 2. The second-order valence-corrected chi connectivity index (χ2v) is 8.62. The molecule has 148 valence electrons. The summed E-state index contributed by atoms with van der Waals surface area (Å²) >= 11 is 1.53. The molecule has 0 bridgehead atoms. The van der Waals surface area contributed by atoms with E-state index in [-0.39, 0.29) is 23.9 Å². The number of thiophene rings is 1. The van der Waals surface area contributed by atoms with Crippen molar-refractivity contribution in [3.8, 4) is 10.7 Å². The Labute approximate surface area is 167 Å². The van der Waals surface area contributed by atoms with Gasteiger partial charge in [0.05, 0.1) is 9.77 Å². The highest BCUT2D eigenvalue weighted by Gasteiger charge is 2.13. The van der Waals surface area contributed by atoms with Crippen LogP contribution in [0.5, 0.6) is 0 Å². The molecule has 2 heterocycles. The highest BCUT2D eigenvalue weighted by molar-refractivity contribution is 7.89. The normalized spacial score (nSPS) is 11.4. The number of nitrogens with zero attached hydrogens (tertiary/aromatic N) is 2. The van der Waals surface area contributed by atoms with Crippen LogP contribution >= 0.6 is 11.3 Å². The van der Waals surface area contributed by atoms with Crippen molar-refractivity contribution in [2.24, 2.45) is 0 Å². The molecule has 3 rings (SSSR count). The molecule has 0 spiro atoms. The highest BCUT2D eigenvalue weighted by Crippen LogP contribution is 2.21. The van der Waals surface area contributed by atoms with Crippen molar-refractivity contribution < 1.29 is 17.7 Å². The van der Waals surface area contributed by atoms with Crippen molar-refractivity contribution in [2.45, 2.75) is 24.2 Å². The SMILES string of the molecule is O=C(CCCc1nc(-c2cccs2)no1)NCCNS(=O)(=O)c1ccccc1. The Morgan fingerprint density at radius 3 is 2.68 bits per heavy atom. The number of sulfonamides is 1. The number of carbonyl (C=O) groups excluding carboxylic acids is 1. The fraction of sp³-hybridized carbons (Fsp3) is 0.278. The summed E-state index contributed by atoms with van der Waals surface area (Å²) in [6.07, 6.45) is 1.36. The van der Waals surface area contributed by atoms with Crippen LogP contribution in [-0.4, -0.2) is 37.6 Å². The zero-order valence-electron chi connectivity index (χ0n) is 15.0. The highest BCUT2D eigenvalue weighted by atomic mass is 32.2. The van der Waals surface area contributed by atoms with E-state index >= 15 is 0 Å². The minimum atomic E-state index is -3.56. The molecule has 2 N–H and O–H groups in total. The van der Waals surface area contributed by atoms with Gasteiger partial charge in [0.2, 0.25) is 27.6 Å². The van der Waals surface area contributed by atoms with Gasteiger partial charge in [0.15, 0.2) is 0 Å². The van der Waals surface area contributed by atoms with Crippen LogP contribution in [0, 0.1) is 0 Å². The van der Waals surface area contributed by atoms with E-state index < -0.39 is 10.0 Å². The first kappa shape index (κ1) is 20.2. The van der Waals surface area contributed by atoms with E-state index in [2.05, 4.69) is 20.2 Å². The number of benzene rings is 1. The van der Waals surface area contributed by atoms with Crippen LogP contribution in [0.1, 0.15) is 18.7 Å². The lowest BCUT2D eigenvalue weighted by molar-refractivity contribution is -0.121. The third-order valence-electron chi connectivity index (χ3n) is 3.80. The van der Waals surface area contributed by atoms with Crippen molar-refractivity contribution in [1.29, 1.82) is 0 Å². The lowest BCUT2D eigenvalue weighted by atomic mass is 10.2. The monoisotopic (exact) mass is 420 g/mol. The molecule has 2 aromatic heterocycles. The van der Waals surface area contributed by atoms with Gasteiger partial charge in [-0.05, 0) is 30.0 Å². The number of carbonyl (C=O) groups is 1. The maximum Gasteiger partial charge on any atom is 0.240 e. The van der Waals surface area contributed by atoms with E-state index in [0.717, 1.165) is 4.88 Å². The minimum Gasteiger partial charge on any atom is -0.355 e. The maximum absolute atomic E-state index is 12.0. The Kier molecular flexibility index (Phi) is 6.90. The second-order valence-electron chi connectivity index (χ2n) is 5.90. The quantitative estimate of drug-likeness (QED) is 0.486. The fourth-order valence-electron chi connectivity index (χ4n) is 2.42. The molecular weight excluding hydrogens is 400 g/mol. The molecule has 0 aliphatic heterocycles. The number of aromatic nitrogens is 2. The van der Waals surface area contributed by atoms with Gasteiger partial charge in [0.25, 0.3) is 0 Å². The number of aryl methyl sites for hydroxylation is 1. The van der Waals surface area contributed by atoms with E-state index in [1.54, 1.807) is 18.2 Å². The molecule has 0 atom stereocenters. The summed E-state index contributed by atoms with van der Waals surface area (Å²) in [6.45, 7) is 0.338. The van der Waals surface area contributed by atoms with E-state index in [4.69, 9.17) is 4.52 Å². The summed E-state index contributed by atoms with van der Waals surface area (Å²) < 4.78 is 31.7. The first-order valence-electron chi connectivity index (χ1n) is 8.72. The van der Waals surface area contributed by atoms with Gasteiger partial charge in [0.1, 0.15) is 0 Å². The average Bonchev–Trinajstić information content (AvgIpc) is 3.38. The van der Waals surface area contributed by atoms with E-state index in [0.29, 0.717) is 31.0 Å². The molecule has 0 aliphatic carbocycles. The first-order valence-corrected chi connectivity index (χ1v) is 11.1. The lowest BCUT2D eigenvalue weighted by Gasteiger charge is -2.07. The van der Waals surface area contributed by atoms with Crippen LogP contribution in [0.25, 0.3) is 10.7 Å². The van der Waals surface area contributed by atoms with Gasteiger partial charge in [-0.3, -0.25) is 4.79 Å². The Bertz CT molecular complexity index is 986. The molecule has 28 heavy (non-hydrogen) atoms. The van der Waals surface area contributed by atoms with Gasteiger partial charge in [-0.25, -0.2) is 13.1 Å². The molecule has 0 fully saturated rings. The van der Waals surface area contributed by atoms with Gasteiger partial charge < -0.3 is 9.84 Å². The van der Waals surface area contributed by atoms with E-state index in [9.17, 15) is 13.2 Å². The Morgan fingerprint density at radius 2 is 1.93 bits per heavy atom. The number of hydrogen-bond acceptors (Lipinski definition) is 7. The van der Waals surface area contributed by atoms with E-state index in [1.807, 2.05) is 17.5 Å². The third kappa shape index (κ3) is 5.72. The summed E-state index contributed by atoms with van der Waals surface area (Å²) in [6, 6.07) is 11.9. The van der Waals surface area contributed by atoms with Crippen LogP contribution in [0.4, 0.5) is 0 Å². The van der Waals surface area contributed by atoms with Crippen molar-refractivity contribution in [1.82, 2.24) is 20.2 Å². The maximum atomic E-state index is 12.0. The van der Waals surface area contributed by atoms with Gasteiger partial charge in [-0.1, -0.05) is 29.4 Å². The molecule has 10 heteroatoms. The summed E-state index contributed by atoms with van der Waals surface area (Å²) in [5.41, 5.74) is 0. The Morgan fingerprint density at radius 1 is 1.11 bits per heavy atom. The largest absolute Gasteiger partial charge is 0.355 e. The van der Waals surface area contributed by atoms with Crippen molar-refractivity contribution in [3.63, 3.8) is 0 Å². The molecule has 0 unspecified atom stereocenters. The molecule has 1 aromatic carbocycles. The van der Waals surface area contributed by atoms with Gasteiger partial charge in [-0.2, -0.15) is 4.98 Å². The second kappa shape index (κ2) is 9.58. The van der Waals surface area contributed by atoms with Gasteiger partial charge >= 0.3 is 0 Å². The van der Waals surface area contributed by atoms with Crippen molar-refractivity contribution in [2.75, 3.05) is 13.1 Å². The fourth-order valence-corrected chi connectivity index (χ4v) is 4.12. The molecule has 0 saturated heterocycles. The van der Waals surface area contributed by atoms with Gasteiger partial charge in [0, 0.05) is 25.9 Å². The van der Waals surface area contributed by atoms with Crippen LogP contribution < -0.4 is 10.0 Å². The molecule has 0 saturated carbocycles. The summed E-state index contributed by atoms with van der Waals surface area (Å²) in [4.78, 5) is 17.3. The van der Waals surface area contributed by atoms with Crippen molar-refractivity contribution >= 4 is 27.3 Å². The molecule has 0 aliphatic rings. The summed E-state index contributed by atoms with van der Waals surface area (Å²) in [5, 5.41) is 8.55. The summed E-state index contributed by atoms with van der Waals surface area (Å²) in [7, 11) is -3.56.